The first-order valence-electron chi connectivity index (χ1n) is 16.6. The summed E-state index contributed by atoms with van der Waals surface area (Å²) in [6.07, 6.45) is 3.60. The molecule has 1 saturated heterocycles. The number of fused-ring (bicyclic) bond motifs is 1. The predicted molar refractivity (Wildman–Crippen MR) is 193 cm³/mol. The smallest absolute Gasteiger partial charge is 0.253 e. The van der Waals surface area contributed by atoms with Crippen molar-refractivity contribution in [2.45, 2.75) is 25.3 Å². The van der Waals surface area contributed by atoms with Crippen LogP contribution in [0.2, 0.25) is 5.02 Å². The number of anilines is 1. The lowest BCUT2D eigenvalue weighted by atomic mass is 9.94. The molecule has 6 rings (SSSR count). The molecule has 49 heavy (non-hydrogen) atoms. The van der Waals surface area contributed by atoms with E-state index in [9.17, 15) is 4.79 Å². The molecule has 0 saturated carbocycles. The Morgan fingerprint density at radius 3 is 2.45 bits per heavy atom. The molecule has 0 bridgehead atoms. The fraction of sp³-hybridized carbons (Fsp3) is 0.368. The van der Waals surface area contributed by atoms with E-state index < -0.39 is 0 Å². The number of hydrogen-bond donors (Lipinski definition) is 0. The van der Waals surface area contributed by atoms with Crippen LogP contribution in [0.4, 0.5) is 5.95 Å². The third kappa shape index (κ3) is 7.81. The molecule has 2 aromatic heterocycles. The number of imidazole rings is 1. The van der Waals surface area contributed by atoms with E-state index in [0.717, 1.165) is 73.9 Å². The van der Waals surface area contributed by atoms with Crippen LogP contribution in [0, 0.1) is 0 Å². The number of likely N-dealkylation sites (N-methyl/N-ethyl adjacent to an activating group) is 1. The molecule has 0 radical (unpaired) electrons. The molecule has 10 nitrogen and oxygen atoms in total. The zero-order valence-electron chi connectivity index (χ0n) is 28.6. The summed E-state index contributed by atoms with van der Waals surface area (Å²) in [6.45, 7) is 5.72. The van der Waals surface area contributed by atoms with Crippen LogP contribution in [0.5, 0.6) is 17.2 Å². The summed E-state index contributed by atoms with van der Waals surface area (Å²) < 4.78 is 24.4. The fourth-order valence-electron chi connectivity index (χ4n) is 6.71. The Labute approximate surface area is 292 Å². The van der Waals surface area contributed by atoms with Gasteiger partial charge in [-0.05, 0) is 80.0 Å². The Morgan fingerprint density at radius 2 is 1.73 bits per heavy atom. The molecular weight excluding hydrogens is 642 g/mol. The van der Waals surface area contributed by atoms with Crippen LogP contribution >= 0.6 is 11.6 Å². The number of methoxy groups -OCH3 is 3. The second-order valence-corrected chi connectivity index (χ2v) is 12.8. The van der Waals surface area contributed by atoms with Gasteiger partial charge in [0.05, 0.1) is 45.2 Å². The number of halogens is 1. The summed E-state index contributed by atoms with van der Waals surface area (Å²) in [6, 6.07) is 23.6. The highest BCUT2D eigenvalue weighted by Crippen LogP contribution is 2.38. The highest BCUT2D eigenvalue weighted by molar-refractivity contribution is 6.30. The van der Waals surface area contributed by atoms with Crippen LogP contribution in [-0.2, 0) is 6.54 Å². The van der Waals surface area contributed by atoms with Crippen molar-refractivity contribution in [1.29, 1.82) is 0 Å². The van der Waals surface area contributed by atoms with Crippen molar-refractivity contribution >= 4 is 34.5 Å². The number of furan rings is 1. The van der Waals surface area contributed by atoms with Gasteiger partial charge in [-0.3, -0.25) is 4.79 Å². The molecule has 11 heteroatoms. The highest BCUT2D eigenvalue weighted by Gasteiger charge is 2.25. The lowest BCUT2D eigenvalue weighted by Gasteiger charge is -2.28. The summed E-state index contributed by atoms with van der Waals surface area (Å²) in [5.74, 6) is 3.16. The van der Waals surface area contributed by atoms with E-state index >= 15 is 0 Å². The maximum absolute atomic E-state index is 13.7. The molecule has 0 spiro atoms. The van der Waals surface area contributed by atoms with Crippen LogP contribution in [0.3, 0.4) is 0 Å². The van der Waals surface area contributed by atoms with Gasteiger partial charge in [-0.1, -0.05) is 35.9 Å². The molecule has 0 aliphatic carbocycles. The highest BCUT2D eigenvalue weighted by atomic mass is 35.5. The fourth-order valence-corrected chi connectivity index (χ4v) is 6.91. The largest absolute Gasteiger partial charge is 0.493 e. The number of hydrogen-bond acceptors (Lipinski definition) is 8. The van der Waals surface area contributed by atoms with Crippen molar-refractivity contribution in [2.24, 2.45) is 0 Å². The van der Waals surface area contributed by atoms with Gasteiger partial charge in [0, 0.05) is 49.7 Å². The Hall–Kier alpha value is -4.67. The molecule has 1 amide bonds. The summed E-state index contributed by atoms with van der Waals surface area (Å²) in [7, 11) is 6.47. The van der Waals surface area contributed by atoms with E-state index in [1.165, 1.54) is 0 Å². The molecule has 1 unspecified atom stereocenters. The molecule has 1 fully saturated rings. The van der Waals surface area contributed by atoms with E-state index in [1.807, 2.05) is 43.4 Å². The zero-order chi connectivity index (χ0) is 34.3. The third-order valence-electron chi connectivity index (χ3n) is 9.27. The Bertz CT molecular complexity index is 1830. The van der Waals surface area contributed by atoms with Gasteiger partial charge in [0.2, 0.25) is 11.7 Å². The van der Waals surface area contributed by atoms with Crippen molar-refractivity contribution in [3.05, 3.63) is 101 Å². The summed E-state index contributed by atoms with van der Waals surface area (Å²) in [4.78, 5) is 25.5. The minimum absolute atomic E-state index is 0.0755. The van der Waals surface area contributed by atoms with E-state index in [-0.39, 0.29) is 11.8 Å². The average Bonchev–Trinajstić information content (AvgIpc) is 3.70. The molecule has 258 valence electrons. The number of nitrogens with zero attached hydrogens (tertiary/aromatic N) is 5. The number of rotatable bonds is 13. The molecule has 3 aromatic carbocycles. The summed E-state index contributed by atoms with van der Waals surface area (Å²) in [5, 5.41) is 0.684. The SMILES string of the molecule is COc1cc(C(=O)N(C)CC(CCN2CCCN(c3nc4ccccc4n3Cc3ccco3)CC2)c2cccc(Cl)c2)cc(OC)c1OC. The maximum atomic E-state index is 13.7. The zero-order valence-corrected chi connectivity index (χ0v) is 29.4. The minimum atomic E-state index is -0.130. The Balaban J connectivity index is 1.15. The van der Waals surface area contributed by atoms with Crippen LogP contribution in [0.25, 0.3) is 11.0 Å². The summed E-state index contributed by atoms with van der Waals surface area (Å²) in [5.41, 5.74) is 3.66. The molecule has 0 N–H and O–H groups in total. The van der Waals surface area contributed by atoms with E-state index in [0.29, 0.717) is 40.9 Å². The van der Waals surface area contributed by atoms with Gasteiger partial charge in [0.1, 0.15) is 5.76 Å². The molecule has 5 aromatic rings. The van der Waals surface area contributed by atoms with Crippen LogP contribution in [-0.4, -0.2) is 92.9 Å². The Kier molecular flexibility index (Phi) is 11.0. The van der Waals surface area contributed by atoms with Crippen LogP contribution in [0.15, 0.2) is 83.5 Å². The second kappa shape index (κ2) is 15.7. The van der Waals surface area contributed by atoms with Gasteiger partial charge in [0.25, 0.3) is 5.91 Å². The molecule has 1 atom stereocenters. The number of carbonyl (C=O) groups excluding carboxylic acids is 1. The number of benzene rings is 3. The first kappa shape index (κ1) is 34.2. The van der Waals surface area contributed by atoms with Crippen molar-refractivity contribution in [3.8, 4) is 17.2 Å². The number of para-hydroxylation sites is 2. The summed E-state index contributed by atoms with van der Waals surface area (Å²) >= 11 is 6.46. The lowest BCUT2D eigenvalue weighted by Crippen LogP contribution is -2.35. The van der Waals surface area contributed by atoms with Crippen LogP contribution < -0.4 is 19.1 Å². The van der Waals surface area contributed by atoms with Crippen molar-refractivity contribution in [1.82, 2.24) is 19.4 Å². The van der Waals surface area contributed by atoms with Crippen molar-refractivity contribution < 1.29 is 23.4 Å². The first-order valence-corrected chi connectivity index (χ1v) is 17.0. The van der Waals surface area contributed by atoms with Gasteiger partial charge in [-0.2, -0.15) is 0 Å². The van der Waals surface area contributed by atoms with E-state index in [4.69, 9.17) is 35.2 Å². The quantitative estimate of drug-likeness (QED) is 0.134. The Morgan fingerprint density at radius 1 is 0.939 bits per heavy atom. The lowest BCUT2D eigenvalue weighted by molar-refractivity contribution is 0.0782. The monoisotopic (exact) mass is 685 g/mol. The van der Waals surface area contributed by atoms with E-state index in [2.05, 4.69) is 38.6 Å². The molecule has 3 heterocycles. The van der Waals surface area contributed by atoms with Gasteiger partial charge < -0.3 is 37.9 Å². The average molecular weight is 686 g/mol. The van der Waals surface area contributed by atoms with Gasteiger partial charge in [-0.15, -0.1) is 0 Å². The van der Waals surface area contributed by atoms with E-state index in [1.54, 1.807) is 44.6 Å². The number of carbonyl (C=O) groups is 1. The normalized spacial score (nSPS) is 14.4. The second-order valence-electron chi connectivity index (χ2n) is 12.4. The maximum Gasteiger partial charge on any atom is 0.253 e. The molecule has 1 aliphatic heterocycles. The van der Waals surface area contributed by atoms with Crippen molar-refractivity contribution in [3.63, 3.8) is 0 Å². The van der Waals surface area contributed by atoms with Gasteiger partial charge in [0.15, 0.2) is 11.5 Å². The number of ether oxygens (including phenoxy) is 3. The van der Waals surface area contributed by atoms with Gasteiger partial charge >= 0.3 is 0 Å². The number of aromatic nitrogens is 2. The first-order chi connectivity index (χ1) is 23.9. The van der Waals surface area contributed by atoms with Gasteiger partial charge in [-0.25, -0.2) is 4.98 Å². The number of amides is 1. The van der Waals surface area contributed by atoms with Crippen molar-refractivity contribution in [2.75, 3.05) is 72.5 Å². The standard InChI is InChI=1S/C38H44ClN5O5/c1-41(37(45)29-23-34(46-2)36(48-4)35(24-29)47-3)25-28(27-10-7-11-30(39)22-27)15-18-42-16-9-17-43(20-19-42)38-40-32-13-5-6-14-33(32)44(38)26-31-12-8-21-49-31/h5-8,10-14,21-24,28H,9,15-20,25-26H2,1-4H3. The topological polar surface area (TPSA) is 85.4 Å². The minimum Gasteiger partial charge on any atom is -0.493 e. The van der Waals surface area contributed by atoms with Crippen LogP contribution in [0.1, 0.15) is 40.4 Å². The molecular formula is C38H44ClN5O5. The predicted octanol–water partition coefficient (Wildman–Crippen LogP) is 6.82. The molecule has 1 aliphatic rings. The third-order valence-corrected chi connectivity index (χ3v) is 9.50.